The Bertz CT molecular complexity index is 476. The van der Waals surface area contributed by atoms with Crippen LogP contribution in [-0.4, -0.2) is 30.6 Å². The molecular formula is C18H27N3. The Morgan fingerprint density at radius 1 is 1.33 bits per heavy atom. The van der Waals surface area contributed by atoms with Crippen LogP contribution in [0.3, 0.4) is 0 Å². The zero-order chi connectivity index (χ0) is 15.1. The topological polar surface area (TPSA) is 39.1 Å². The van der Waals surface area contributed by atoms with Crippen molar-refractivity contribution >= 4 is 0 Å². The fourth-order valence-corrected chi connectivity index (χ4v) is 3.02. The molecule has 1 fully saturated rings. The summed E-state index contributed by atoms with van der Waals surface area (Å²) < 4.78 is 0. The summed E-state index contributed by atoms with van der Waals surface area (Å²) in [5.41, 5.74) is 1.98. The molecule has 114 valence electrons. The van der Waals surface area contributed by atoms with E-state index in [1.54, 1.807) is 0 Å². The molecule has 0 radical (unpaired) electrons. The molecule has 1 saturated heterocycles. The Morgan fingerprint density at radius 2 is 2.14 bits per heavy atom. The minimum atomic E-state index is 0.601. The van der Waals surface area contributed by atoms with Crippen molar-refractivity contribution in [1.29, 1.82) is 5.26 Å². The molecule has 1 N–H and O–H groups in total. The highest BCUT2D eigenvalue weighted by atomic mass is 15.2. The predicted octanol–water partition coefficient (Wildman–Crippen LogP) is 3.16. The highest BCUT2D eigenvalue weighted by molar-refractivity contribution is 5.37. The van der Waals surface area contributed by atoms with Crippen LogP contribution in [0.15, 0.2) is 24.3 Å². The van der Waals surface area contributed by atoms with Crippen LogP contribution in [0, 0.1) is 17.2 Å². The SMILES string of the molecule is CC(C)CNCC1CCCCN1Cc1ccccc1C#N. The van der Waals surface area contributed by atoms with Gasteiger partial charge in [-0.15, -0.1) is 0 Å². The quantitative estimate of drug-likeness (QED) is 0.872. The molecule has 1 atom stereocenters. The molecule has 1 aliphatic heterocycles. The average molecular weight is 285 g/mol. The lowest BCUT2D eigenvalue weighted by molar-refractivity contribution is 0.137. The van der Waals surface area contributed by atoms with Crippen molar-refractivity contribution in [3.8, 4) is 6.07 Å². The Labute approximate surface area is 129 Å². The minimum Gasteiger partial charge on any atom is -0.315 e. The molecule has 0 amide bonds. The van der Waals surface area contributed by atoms with Crippen molar-refractivity contribution in [2.45, 2.75) is 45.7 Å². The highest BCUT2D eigenvalue weighted by Gasteiger charge is 2.22. The van der Waals surface area contributed by atoms with E-state index in [-0.39, 0.29) is 0 Å². The van der Waals surface area contributed by atoms with Crippen molar-refractivity contribution in [3.63, 3.8) is 0 Å². The third-order valence-electron chi connectivity index (χ3n) is 4.19. The maximum atomic E-state index is 9.24. The van der Waals surface area contributed by atoms with Gasteiger partial charge in [-0.25, -0.2) is 0 Å². The summed E-state index contributed by atoms with van der Waals surface area (Å²) in [7, 11) is 0. The Hall–Kier alpha value is -1.37. The van der Waals surface area contributed by atoms with Gasteiger partial charge in [0.2, 0.25) is 0 Å². The maximum Gasteiger partial charge on any atom is 0.0995 e. The molecule has 0 aliphatic carbocycles. The van der Waals surface area contributed by atoms with E-state index in [0.29, 0.717) is 12.0 Å². The molecule has 1 aliphatic rings. The van der Waals surface area contributed by atoms with E-state index in [1.807, 2.05) is 18.2 Å². The van der Waals surface area contributed by atoms with E-state index < -0.39 is 0 Å². The van der Waals surface area contributed by atoms with Crippen LogP contribution in [0.2, 0.25) is 0 Å². The third-order valence-corrected chi connectivity index (χ3v) is 4.19. The zero-order valence-corrected chi connectivity index (χ0v) is 13.3. The molecule has 2 rings (SSSR count). The van der Waals surface area contributed by atoms with Crippen LogP contribution < -0.4 is 5.32 Å². The molecule has 21 heavy (non-hydrogen) atoms. The molecule has 1 aromatic rings. The Kier molecular flexibility index (Phi) is 6.22. The van der Waals surface area contributed by atoms with Gasteiger partial charge in [-0.2, -0.15) is 5.26 Å². The molecule has 3 nitrogen and oxygen atoms in total. The van der Waals surface area contributed by atoms with Gasteiger partial charge in [0.05, 0.1) is 11.6 Å². The number of nitrogens with one attached hydrogen (secondary N) is 1. The number of benzene rings is 1. The Morgan fingerprint density at radius 3 is 2.90 bits per heavy atom. The molecule has 1 heterocycles. The molecule has 0 bridgehead atoms. The van der Waals surface area contributed by atoms with Gasteiger partial charge in [-0.05, 0) is 43.5 Å². The summed E-state index contributed by atoms with van der Waals surface area (Å²) >= 11 is 0. The second-order valence-electron chi connectivity index (χ2n) is 6.44. The first-order valence-corrected chi connectivity index (χ1v) is 8.13. The van der Waals surface area contributed by atoms with Crippen LogP contribution in [0.25, 0.3) is 0 Å². The van der Waals surface area contributed by atoms with Crippen LogP contribution in [-0.2, 0) is 6.54 Å². The number of hydrogen-bond donors (Lipinski definition) is 1. The summed E-state index contributed by atoms with van der Waals surface area (Å²) in [6.07, 6.45) is 3.86. The number of rotatable bonds is 6. The van der Waals surface area contributed by atoms with Crippen molar-refractivity contribution < 1.29 is 0 Å². The van der Waals surface area contributed by atoms with E-state index in [0.717, 1.165) is 37.3 Å². The molecule has 3 heteroatoms. The molecule has 1 aromatic carbocycles. The lowest BCUT2D eigenvalue weighted by atomic mass is 9.99. The molecule has 1 unspecified atom stereocenters. The summed E-state index contributed by atoms with van der Waals surface area (Å²) in [5, 5.41) is 12.8. The van der Waals surface area contributed by atoms with Gasteiger partial charge < -0.3 is 5.32 Å². The summed E-state index contributed by atoms with van der Waals surface area (Å²) in [6, 6.07) is 10.9. The zero-order valence-electron chi connectivity index (χ0n) is 13.3. The normalized spacial score (nSPS) is 19.6. The number of nitriles is 1. The number of likely N-dealkylation sites (tertiary alicyclic amines) is 1. The maximum absolute atomic E-state index is 9.24. The summed E-state index contributed by atoms with van der Waals surface area (Å²) in [4.78, 5) is 2.55. The highest BCUT2D eigenvalue weighted by Crippen LogP contribution is 2.20. The molecular weight excluding hydrogens is 258 g/mol. The monoisotopic (exact) mass is 285 g/mol. The van der Waals surface area contributed by atoms with E-state index in [1.165, 1.54) is 19.3 Å². The van der Waals surface area contributed by atoms with Gasteiger partial charge >= 0.3 is 0 Å². The first kappa shape index (κ1) is 16.0. The smallest absolute Gasteiger partial charge is 0.0995 e. The lowest BCUT2D eigenvalue weighted by Gasteiger charge is -2.36. The fourth-order valence-electron chi connectivity index (χ4n) is 3.02. The number of piperidine rings is 1. The first-order chi connectivity index (χ1) is 10.2. The molecule has 0 aromatic heterocycles. The van der Waals surface area contributed by atoms with Crippen LogP contribution in [0.4, 0.5) is 0 Å². The van der Waals surface area contributed by atoms with Gasteiger partial charge in [0.25, 0.3) is 0 Å². The second kappa shape index (κ2) is 8.17. The van der Waals surface area contributed by atoms with E-state index in [9.17, 15) is 5.26 Å². The van der Waals surface area contributed by atoms with Gasteiger partial charge in [0, 0.05) is 19.1 Å². The van der Waals surface area contributed by atoms with Gasteiger partial charge in [-0.1, -0.05) is 38.5 Å². The van der Waals surface area contributed by atoms with Gasteiger partial charge in [-0.3, -0.25) is 4.90 Å². The van der Waals surface area contributed by atoms with Crippen LogP contribution >= 0.6 is 0 Å². The predicted molar refractivity (Wildman–Crippen MR) is 86.9 cm³/mol. The standard InChI is InChI=1S/C18H27N3/c1-15(2)12-20-13-18-9-5-6-10-21(18)14-17-8-4-3-7-16(17)11-19/h3-4,7-8,15,18,20H,5-6,9-10,12-14H2,1-2H3. The largest absolute Gasteiger partial charge is 0.315 e. The summed E-state index contributed by atoms with van der Waals surface area (Å²) in [5.74, 6) is 0.696. The molecule has 0 saturated carbocycles. The van der Waals surface area contributed by atoms with E-state index >= 15 is 0 Å². The number of nitrogens with zero attached hydrogens (tertiary/aromatic N) is 2. The van der Waals surface area contributed by atoms with E-state index in [4.69, 9.17) is 0 Å². The number of hydrogen-bond acceptors (Lipinski definition) is 3. The average Bonchev–Trinajstić information content (AvgIpc) is 2.49. The first-order valence-electron chi connectivity index (χ1n) is 8.13. The Balaban J connectivity index is 1.97. The second-order valence-corrected chi connectivity index (χ2v) is 6.44. The lowest BCUT2D eigenvalue weighted by Crippen LogP contribution is -2.45. The fraction of sp³-hybridized carbons (Fsp3) is 0.611. The van der Waals surface area contributed by atoms with Crippen molar-refractivity contribution in [2.24, 2.45) is 5.92 Å². The van der Waals surface area contributed by atoms with Crippen molar-refractivity contribution in [2.75, 3.05) is 19.6 Å². The third kappa shape index (κ3) is 4.84. The van der Waals surface area contributed by atoms with Crippen LogP contribution in [0.1, 0.15) is 44.2 Å². The van der Waals surface area contributed by atoms with Gasteiger partial charge in [0.15, 0.2) is 0 Å². The van der Waals surface area contributed by atoms with Crippen molar-refractivity contribution in [3.05, 3.63) is 35.4 Å². The van der Waals surface area contributed by atoms with E-state index in [2.05, 4.69) is 36.2 Å². The van der Waals surface area contributed by atoms with Gasteiger partial charge in [0.1, 0.15) is 0 Å². The van der Waals surface area contributed by atoms with Crippen molar-refractivity contribution in [1.82, 2.24) is 10.2 Å². The summed E-state index contributed by atoms with van der Waals surface area (Å²) in [6.45, 7) is 8.68. The minimum absolute atomic E-state index is 0.601. The van der Waals surface area contributed by atoms with Crippen LogP contribution in [0.5, 0.6) is 0 Å². The molecule has 0 spiro atoms.